The van der Waals surface area contributed by atoms with E-state index < -0.39 is 6.09 Å². The Morgan fingerprint density at radius 2 is 0.675 bits per heavy atom. The molecule has 0 radical (unpaired) electrons. The van der Waals surface area contributed by atoms with Crippen molar-refractivity contribution >= 4 is 35.6 Å². The Kier molecular flexibility index (Phi) is 38.4. The summed E-state index contributed by atoms with van der Waals surface area (Å²) in [7, 11) is 2.93. The minimum absolute atomic E-state index is 0.0521. The lowest BCUT2D eigenvalue weighted by molar-refractivity contribution is -0.127. The Hall–Kier alpha value is -8.10. The number of amides is 6. The fourth-order valence-electron chi connectivity index (χ4n) is 6.25. The first kappa shape index (κ1) is 66.9. The Morgan fingerprint density at radius 1 is 0.377 bits per heavy atom. The quantitative estimate of drug-likeness (QED) is 0.0174. The molecule has 4 aromatic carbocycles. The average molecular weight is 1080 g/mol. The van der Waals surface area contributed by atoms with Crippen molar-refractivity contribution < 1.29 is 72.9 Å². The lowest BCUT2D eigenvalue weighted by atomic mass is 10.1. The summed E-state index contributed by atoms with van der Waals surface area (Å²) in [6, 6.07) is 26.4. The fraction of sp³-hybridized carbons (Fsp3) is 0.464. The normalized spacial score (nSPS) is 9.92. The van der Waals surface area contributed by atoms with Crippen LogP contribution < -0.4 is 51.3 Å². The van der Waals surface area contributed by atoms with Gasteiger partial charge < -0.3 is 54.7 Å². The molecule has 0 aromatic heterocycles. The van der Waals surface area contributed by atoms with Gasteiger partial charge in [-0.3, -0.25) is 45.7 Å². The Labute approximate surface area is 452 Å². The van der Waals surface area contributed by atoms with Crippen LogP contribution in [-0.4, -0.2) is 103 Å². The van der Waals surface area contributed by atoms with Crippen LogP contribution in [0.15, 0.2) is 97.1 Å². The van der Waals surface area contributed by atoms with Crippen LogP contribution in [0.2, 0.25) is 0 Å². The zero-order valence-corrected chi connectivity index (χ0v) is 45.1. The van der Waals surface area contributed by atoms with E-state index in [-0.39, 0.29) is 52.5 Å². The standard InChI is InChI=1S/C19H30N2O4.C14H20N2O4.C13H19NO4.C10H13NO3/c1-16(22)20-21-19(24)10-8-6-4-2-3-5-7-9-15-25-18-13-11-17(23)12-14-18;1-11(17)15-16-14(19)5-3-2-4-10-20-13-8-6-12(18)7-9-13;1-17-13(16)14-9-3-2-4-10-18-12-7-5-11(15)6-8-12;1-11-10(13)6-7-14-9-4-2-8(12)3-5-9/h11-14,23H,2-10,15H2,1H3,(H,20,22)(H,21,24);6-9,18H,2-5,10H2,1H3,(H,15,17)(H,16,19);5-8,15H,2-4,9-10H2,1H3,(H,14,16);2-5,12H,6-7H2,1H3,(H,11,13). The van der Waals surface area contributed by atoms with Gasteiger partial charge in [-0.15, -0.1) is 0 Å². The van der Waals surface area contributed by atoms with Crippen molar-refractivity contribution in [1.82, 2.24) is 32.3 Å². The highest BCUT2D eigenvalue weighted by molar-refractivity contribution is 5.81. The molecule has 0 bridgehead atoms. The van der Waals surface area contributed by atoms with E-state index in [0.717, 1.165) is 82.1 Å². The van der Waals surface area contributed by atoms with Gasteiger partial charge in [0.2, 0.25) is 29.5 Å². The second-order valence-electron chi connectivity index (χ2n) is 17.1. The minimum Gasteiger partial charge on any atom is -0.508 e. The summed E-state index contributed by atoms with van der Waals surface area (Å²) in [5.41, 5.74) is 9.20. The monoisotopic (exact) mass is 1080 g/mol. The lowest BCUT2D eigenvalue weighted by Crippen LogP contribution is -2.40. The van der Waals surface area contributed by atoms with Crippen molar-refractivity contribution in [3.63, 3.8) is 0 Å². The number of hydrogen-bond donors (Lipinski definition) is 10. The van der Waals surface area contributed by atoms with Crippen molar-refractivity contribution in [3.05, 3.63) is 97.1 Å². The maximum Gasteiger partial charge on any atom is 0.406 e. The summed E-state index contributed by atoms with van der Waals surface area (Å²) in [4.78, 5) is 65.4. The molecule has 0 aliphatic rings. The molecule has 0 heterocycles. The number of ether oxygens (including phenoxy) is 5. The topological polar surface area (TPSA) is 302 Å². The van der Waals surface area contributed by atoms with Gasteiger partial charge in [-0.05, 0) is 148 Å². The largest absolute Gasteiger partial charge is 0.508 e. The number of aromatic hydroxyl groups is 4. The van der Waals surface area contributed by atoms with Crippen LogP contribution in [0, 0.1) is 0 Å². The number of rotatable bonds is 30. The summed E-state index contributed by atoms with van der Waals surface area (Å²) in [5, 5.41) is 41.5. The second-order valence-corrected chi connectivity index (χ2v) is 17.1. The molecular weight excluding hydrogens is 997 g/mol. The fourth-order valence-corrected chi connectivity index (χ4v) is 6.25. The number of benzene rings is 4. The molecule has 0 spiro atoms. The summed E-state index contributed by atoms with van der Waals surface area (Å²) in [6.07, 6.45) is 14.8. The molecule has 10 N–H and O–H groups in total. The van der Waals surface area contributed by atoms with E-state index in [4.69, 9.17) is 34.3 Å². The van der Waals surface area contributed by atoms with Gasteiger partial charge in [0, 0.05) is 40.3 Å². The van der Waals surface area contributed by atoms with Crippen LogP contribution in [0.25, 0.3) is 0 Å². The van der Waals surface area contributed by atoms with E-state index in [0.29, 0.717) is 63.7 Å². The summed E-state index contributed by atoms with van der Waals surface area (Å²) >= 11 is 0. The number of carbonyl (C=O) groups excluding carboxylic acids is 6. The van der Waals surface area contributed by atoms with Gasteiger partial charge in [0.15, 0.2) is 0 Å². The molecule has 77 heavy (non-hydrogen) atoms. The average Bonchev–Trinajstić information content (AvgIpc) is 3.42. The second kappa shape index (κ2) is 44.2. The van der Waals surface area contributed by atoms with Crippen LogP contribution in [-0.2, 0) is 28.7 Å². The maximum atomic E-state index is 11.4. The van der Waals surface area contributed by atoms with Gasteiger partial charge in [-0.25, -0.2) is 4.79 Å². The van der Waals surface area contributed by atoms with Crippen LogP contribution in [0.4, 0.5) is 4.79 Å². The van der Waals surface area contributed by atoms with Gasteiger partial charge in [0.1, 0.15) is 46.0 Å². The first-order valence-corrected chi connectivity index (χ1v) is 25.9. The van der Waals surface area contributed by atoms with Gasteiger partial charge >= 0.3 is 6.09 Å². The predicted molar refractivity (Wildman–Crippen MR) is 291 cm³/mol. The highest BCUT2D eigenvalue weighted by atomic mass is 16.5. The molecule has 6 amide bonds. The molecular formula is C56H82N6O15. The van der Waals surface area contributed by atoms with Crippen molar-refractivity contribution in [3.8, 4) is 46.0 Å². The van der Waals surface area contributed by atoms with E-state index in [1.807, 2.05) is 0 Å². The van der Waals surface area contributed by atoms with Crippen LogP contribution in [0.5, 0.6) is 46.0 Å². The number of carbonyl (C=O) groups is 6. The van der Waals surface area contributed by atoms with E-state index >= 15 is 0 Å². The number of nitrogens with one attached hydrogen (secondary N) is 6. The van der Waals surface area contributed by atoms with Crippen LogP contribution in [0.1, 0.15) is 123 Å². The van der Waals surface area contributed by atoms with Crippen LogP contribution >= 0.6 is 0 Å². The smallest absolute Gasteiger partial charge is 0.406 e. The molecule has 21 nitrogen and oxygen atoms in total. The summed E-state index contributed by atoms with van der Waals surface area (Å²) < 4.78 is 26.3. The summed E-state index contributed by atoms with van der Waals surface area (Å²) in [6.45, 7) is 5.55. The molecule has 0 aliphatic heterocycles. The highest BCUT2D eigenvalue weighted by Crippen LogP contribution is 2.19. The Bertz CT molecular complexity index is 2200. The number of hydrazine groups is 2. The maximum absolute atomic E-state index is 11.4. The third-order valence-corrected chi connectivity index (χ3v) is 10.4. The third kappa shape index (κ3) is 40.9. The van der Waals surface area contributed by atoms with Crippen LogP contribution in [0.3, 0.4) is 0 Å². The third-order valence-electron chi connectivity index (χ3n) is 10.4. The number of phenols is 4. The number of methoxy groups -OCH3 is 1. The lowest BCUT2D eigenvalue weighted by Gasteiger charge is -2.06. The van der Waals surface area contributed by atoms with Gasteiger partial charge in [-0.2, -0.15) is 0 Å². The molecule has 0 saturated heterocycles. The highest BCUT2D eigenvalue weighted by Gasteiger charge is 2.04. The van der Waals surface area contributed by atoms with Crippen molar-refractivity contribution in [1.29, 1.82) is 0 Å². The molecule has 21 heteroatoms. The first-order valence-electron chi connectivity index (χ1n) is 25.9. The first-order chi connectivity index (χ1) is 37.1. The SMILES string of the molecule is CC(=O)NNC(=O)CCCCCCCCCCOc1ccc(O)cc1.CC(=O)NNC(=O)CCCCCOc1ccc(O)cc1.CNC(=O)CCOc1ccc(O)cc1.COC(=O)NCCCCCOc1ccc(O)cc1. The van der Waals surface area contributed by atoms with E-state index in [2.05, 4.69) is 37.1 Å². The molecule has 4 aromatic rings. The Balaban J connectivity index is 0.000000523. The number of hydrogen-bond acceptors (Lipinski definition) is 15. The van der Waals surface area contributed by atoms with Gasteiger partial charge in [0.05, 0.1) is 40.0 Å². The van der Waals surface area contributed by atoms with E-state index in [1.165, 1.54) is 52.4 Å². The molecule has 0 saturated carbocycles. The van der Waals surface area contributed by atoms with E-state index in [1.54, 1.807) is 92.0 Å². The van der Waals surface area contributed by atoms with Crippen molar-refractivity contribution in [2.24, 2.45) is 0 Å². The van der Waals surface area contributed by atoms with Gasteiger partial charge in [-0.1, -0.05) is 38.5 Å². The Morgan fingerprint density at radius 3 is 1.00 bits per heavy atom. The van der Waals surface area contributed by atoms with Crippen molar-refractivity contribution in [2.45, 2.75) is 123 Å². The molecule has 0 unspecified atom stereocenters. The van der Waals surface area contributed by atoms with Gasteiger partial charge in [0.25, 0.3) is 0 Å². The zero-order valence-electron chi connectivity index (χ0n) is 45.1. The predicted octanol–water partition coefficient (Wildman–Crippen LogP) is 8.15. The molecule has 0 fully saturated rings. The molecule has 0 atom stereocenters. The summed E-state index contributed by atoms with van der Waals surface area (Å²) in [5.74, 6) is 2.86. The number of alkyl carbamates (subject to hydrolysis) is 1. The minimum atomic E-state index is -0.393. The molecule has 426 valence electrons. The molecule has 0 aliphatic carbocycles. The number of unbranched alkanes of at least 4 members (excludes halogenated alkanes) is 11. The number of phenolic OH excluding ortho intramolecular Hbond substituents is 4. The zero-order chi connectivity index (χ0) is 56.7. The van der Waals surface area contributed by atoms with Crippen molar-refractivity contribution in [2.75, 3.05) is 47.1 Å². The molecule has 4 rings (SSSR count). The van der Waals surface area contributed by atoms with E-state index in [9.17, 15) is 33.9 Å².